The maximum atomic E-state index is 12.0. The van der Waals surface area contributed by atoms with E-state index < -0.39 is 12.4 Å². The van der Waals surface area contributed by atoms with Crippen LogP contribution in [0.2, 0.25) is 0 Å². The predicted molar refractivity (Wildman–Crippen MR) is 216 cm³/mol. The van der Waals surface area contributed by atoms with Crippen LogP contribution in [0.15, 0.2) is 85.5 Å². The van der Waals surface area contributed by atoms with E-state index >= 15 is 0 Å². The number of aliphatic hydroxyl groups excluding tert-OH is 1. The Kier molecular flexibility index (Phi) is 19.2. The summed E-state index contributed by atoms with van der Waals surface area (Å²) in [5.41, 5.74) is 6.05. The van der Waals surface area contributed by atoms with Crippen molar-refractivity contribution in [1.82, 2.24) is 10.2 Å². The molecule has 7 nitrogen and oxygen atoms in total. The summed E-state index contributed by atoms with van der Waals surface area (Å²) in [4.78, 5) is 14.7. The van der Waals surface area contributed by atoms with Crippen molar-refractivity contribution in [2.75, 3.05) is 26.2 Å². The van der Waals surface area contributed by atoms with Gasteiger partial charge in [-0.25, -0.2) is 4.79 Å². The molecule has 53 heavy (non-hydrogen) atoms. The fourth-order valence-electron chi connectivity index (χ4n) is 7.19. The van der Waals surface area contributed by atoms with Gasteiger partial charge >= 0.3 is 6.09 Å². The first-order valence-electron chi connectivity index (χ1n) is 20.4. The van der Waals surface area contributed by atoms with E-state index in [4.69, 9.17) is 14.2 Å². The number of rotatable bonds is 24. The summed E-state index contributed by atoms with van der Waals surface area (Å²) >= 11 is 0. The second-order valence-corrected chi connectivity index (χ2v) is 14.7. The SMILES string of the molecule is C=CCOC(=O)NCc1cccc(-c2cccc(C3OC(CN(CCCCCCCC)CCCCCCCC)C(C)C(c4ccc(CO)cc4)O3)c2)c1. The van der Waals surface area contributed by atoms with E-state index in [2.05, 4.69) is 86.1 Å². The average molecular weight is 727 g/mol. The van der Waals surface area contributed by atoms with Gasteiger partial charge in [0.2, 0.25) is 0 Å². The number of ether oxygens (including phenoxy) is 3. The summed E-state index contributed by atoms with van der Waals surface area (Å²) in [7, 11) is 0. The number of carbonyl (C=O) groups excluding carboxylic acids is 1. The number of carbonyl (C=O) groups is 1. The Hall–Kier alpha value is -3.49. The lowest BCUT2D eigenvalue weighted by atomic mass is 9.89. The lowest BCUT2D eigenvalue weighted by molar-refractivity contribution is -0.276. The van der Waals surface area contributed by atoms with Gasteiger partial charge < -0.3 is 29.5 Å². The van der Waals surface area contributed by atoms with Crippen molar-refractivity contribution in [1.29, 1.82) is 0 Å². The molecule has 1 fully saturated rings. The molecule has 1 aliphatic heterocycles. The van der Waals surface area contributed by atoms with Crippen LogP contribution in [0.5, 0.6) is 0 Å². The van der Waals surface area contributed by atoms with Crippen LogP contribution >= 0.6 is 0 Å². The molecule has 3 aromatic rings. The number of amides is 1. The number of aliphatic hydroxyl groups is 1. The lowest BCUT2D eigenvalue weighted by Gasteiger charge is -2.43. The molecule has 0 aromatic heterocycles. The van der Waals surface area contributed by atoms with Gasteiger partial charge in [-0.2, -0.15) is 0 Å². The van der Waals surface area contributed by atoms with Crippen molar-refractivity contribution >= 4 is 6.09 Å². The molecule has 1 heterocycles. The summed E-state index contributed by atoms with van der Waals surface area (Å²) in [5, 5.41) is 12.5. The maximum Gasteiger partial charge on any atom is 0.407 e. The van der Waals surface area contributed by atoms with E-state index in [-0.39, 0.29) is 31.3 Å². The molecule has 7 heteroatoms. The molecule has 1 saturated heterocycles. The van der Waals surface area contributed by atoms with Crippen LogP contribution in [0.3, 0.4) is 0 Å². The number of alkyl carbamates (subject to hydrolysis) is 1. The highest BCUT2D eigenvalue weighted by molar-refractivity contribution is 5.68. The fraction of sp³-hybridized carbons (Fsp3) is 0.543. The van der Waals surface area contributed by atoms with Crippen molar-refractivity contribution in [2.24, 2.45) is 5.92 Å². The molecular formula is C46H66N2O5. The second-order valence-electron chi connectivity index (χ2n) is 14.7. The number of nitrogens with one attached hydrogen (secondary N) is 1. The summed E-state index contributed by atoms with van der Waals surface area (Å²) < 4.78 is 18.9. The van der Waals surface area contributed by atoms with Crippen LogP contribution in [-0.4, -0.2) is 48.4 Å². The monoisotopic (exact) mass is 726 g/mol. The van der Waals surface area contributed by atoms with Crippen molar-refractivity contribution in [3.05, 3.63) is 108 Å². The average Bonchev–Trinajstić information content (AvgIpc) is 3.19. The van der Waals surface area contributed by atoms with E-state index in [1.54, 1.807) is 6.08 Å². The first kappa shape index (κ1) is 42.3. The predicted octanol–water partition coefficient (Wildman–Crippen LogP) is 11.1. The summed E-state index contributed by atoms with van der Waals surface area (Å²) in [6.45, 7) is 14.0. The Morgan fingerprint density at radius 3 is 2.06 bits per heavy atom. The van der Waals surface area contributed by atoms with Crippen LogP contribution in [-0.2, 0) is 27.4 Å². The highest BCUT2D eigenvalue weighted by Crippen LogP contribution is 2.42. The van der Waals surface area contributed by atoms with Crippen molar-refractivity contribution in [2.45, 2.75) is 129 Å². The summed E-state index contributed by atoms with van der Waals surface area (Å²) in [6.07, 6.45) is 15.9. The Labute approximate surface area is 320 Å². The maximum absolute atomic E-state index is 12.0. The van der Waals surface area contributed by atoms with Gasteiger partial charge in [0.1, 0.15) is 6.61 Å². The second kappa shape index (κ2) is 24.0. The largest absolute Gasteiger partial charge is 0.445 e. The third-order valence-corrected chi connectivity index (χ3v) is 10.4. The zero-order valence-corrected chi connectivity index (χ0v) is 32.8. The number of hydrogen-bond donors (Lipinski definition) is 2. The van der Waals surface area contributed by atoms with Gasteiger partial charge in [-0.1, -0.05) is 158 Å². The third kappa shape index (κ3) is 14.4. The normalized spacial score (nSPS) is 18.6. The number of hydrogen-bond acceptors (Lipinski definition) is 6. The Morgan fingerprint density at radius 1 is 0.792 bits per heavy atom. The molecule has 4 unspecified atom stereocenters. The van der Waals surface area contributed by atoms with E-state index in [0.717, 1.165) is 53.0 Å². The molecule has 2 N–H and O–H groups in total. The number of benzene rings is 3. The molecule has 1 amide bonds. The first-order chi connectivity index (χ1) is 25.9. The van der Waals surface area contributed by atoms with Crippen LogP contribution < -0.4 is 5.32 Å². The van der Waals surface area contributed by atoms with Gasteiger partial charge in [0.15, 0.2) is 6.29 Å². The van der Waals surface area contributed by atoms with E-state index in [1.165, 1.54) is 77.0 Å². The highest BCUT2D eigenvalue weighted by Gasteiger charge is 2.39. The van der Waals surface area contributed by atoms with Crippen LogP contribution in [0.25, 0.3) is 11.1 Å². The molecule has 0 aliphatic carbocycles. The van der Waals surface area contributed by atoms with Gasteiger partial charge in [0, 0.05) is 24.6 Å². The third-order valence-electron chi connectivity index (χ3n) is 10.4. The summed E-state index contributed by atoms with van der Waals surface area (Å²) in [6, 6.07) is 24.8. The van der Waals surface area contributed by atoms with Gasteiger partial charge in [0.25, 0.3) is 0 Å². The zero-order valence-electron chi connectivity index (χ0n) is 32.8. The molecular weight excluding hydrogens is 661 g/mol. The smallest absolute Gasteiger partial charge is 0.407 e. The molecule has 0 saturated carbocycles. The molecule has 0 radical (unpaired) electrons. The van der Waals surface area contributed by atoms with E-state index in [0.29, 0.717) is 6.54 Å². The zero-order chi connectivity index (χ0) is 37.7. The topological polar surface area (TPSA) is 80.3 Å². The molecule has 0 spiro atoms. The van der Waals surface area contributed by atoms with Crippen LogP contribution in [0, 0.1) is 5.92 Å². The van der Waals surface area contributed by atoms with E-state index in [1.807, 2.05) is 24.3 Å². The molecule has 290 valence electrons. The van der Waals surface area contributed by atoms with E-state index in [9.17, 15) is 9.90 Å². The standard InChI is InChI=1S/C46H66N2O5/c1-5-8-10-12-14-16-28-48(29-17-15-13-11-9-6-2)34-43-36(4)44(39-26-24-37(35-49)25-27-39)53-45(52-43)42-23-19-22-41(32-42)40-21-18-20-38(31-40)33-47-46(50)51-30-7-3/h7,18-27,31-32,36,43-45,49H,3,5-6,8-17,28-30,33-35H2,1-2,4H3,(H,47,50). The molecule has 0 bridgehead atoms. The molecule has 4 rings (SSSR count). The lowest BCUT2D eigenvalue weighted by Crippen LogP contribution is -2.45. The Bertz CT molecular complexity index is 1460. The van der Waals surface area contributed by atoms with Crippen molar-refractivity contribution in [3.63, 3.8) is 0 Å². The van der Waals surface area contributed by atoms with Crippen LogP contribution in [0.1, 0.15) is 132 Å². The van der Waals surface area contributed by atoms with Gasteiger partial charge in [-0.15, -0.1) is 0 Å². The minimum absolute atomic E-state index is 0.0182. The van der Waals surface area contributed by atoms with Crippen molar-refractivity contribution < 1.29 is 24.1 Å². The molecule has 1 aliphatic rings. The van der Waals surface area contributed by atoms with Gasteiger partial charge in [0.05, 0.1) is 18.8 Å². The first-order valence-corrected chi connectivity index (χ1v) is 20.4. The number of unbranched alkanes of at least 4 members (excludes halogenated alkanes) is 10. The highest BCUT2D eigenvalue weighted by atomic mass is 16.7. The van der Waals surface area contributed by atoms with Crippen LogP contribution in [0.4, 0.5) is 4.79 Å². The minimum Gasteiger partial charge on any atom is -0.445 e. The molecule has 3 aromatic carbocycles. The summed E-state index contributed by atoms with van der Waals surface area (Å²) in [5.74, 6) is 0.133. The fourth-order valence-corrected chi connectivity index (χ4v) is 7.19. The van der Waals surface area contributed by atoms with Gasteiger partial charge in [-0.05, 0) is 65.9 Å². The number of nitrogens with zero attached hydrogens (tertiary/aromatic N) is 1. The Morgan fingerprint density at radius 2 is 1.42 bits per heavy atom. The Balaban J connectivity index is 1.54. The quantitative estimate of drug-likeness (QED) is 0.0707. The molecule has 4 atom stereocenters. The van der Waals surface area contributed by atoms with Gasteiger partial charge in [-0.3, -0.25) is 0 Å². The van der Waals surface area contributed by atoms with Crippen molar-refractivity contribution in [3.8, 4) is 11.1 Å². The minimum atomic E-state index is -0.534.